The largest absolute Gasteiger partial charge is 0.0871 e. The van der Waals surface area contributed by atoms with E-state index in [1.165, 1.54) is 5.57 Å². The third kappa shape index (κ3) is 7.96. The van der Waals surface area contributed by atoms with Gasteiger partial charge in [-0.2, -0.15) is 0 Å². The molecule has 0 heterocycles. The molecule has 0 N–H and O–H groups in total. The van der Waals surface area contributed by atoms with E-state index in [0.717, 1.165) is 12.8 Å². The van der Waals surface area contributed by atoms with Gasteiger partial charge in [-0.3, -0.25) is 0 Å². The molecule has 0 aromatic rings. The molecule has 0 aromatic heterocycles. The van der Waals surface area contributed by atoms with Crippen molar-refractivity contribution in [3.8, 4) is 0 Å². The van der Waals surface area contributed by atoms with Gasteiger partial charge in [0.05, 0.1) is 0 Å². The summed E-state index contributed by atoms with van der Waals surface area (Å²) in [5, 5.41) is 1.87. The fourth-order valence-corrected chi connectivity index (χ4v) is 0.832. The zero-order valence-corrected chi connectivity index (χ0v) is 8.19. The van der Waals surface area contributed by atoms with Crippen molar-refractivity contribution in [3.63, 3.8) is 0 Å². The molecule has 0 aliphatic rings. The van der Waals surface area contributed by atoms with Crippen LogP contribution >= 0.6 is 15.9 Å². The molecule has 0 aromatic carbocycles. The topological polar surface area (TPSA) is 0 Å². The van der Waals surface area contributed by atoms with Crippen LogP contribution in [0.5, 0.6) is 0 Å². The van der Waals surface area contributed by atoms with Crippen LogP contribution in [0.15, 0.2) is 23.8 Å². The normalized spacial score (nSPS) is 10.3. The molecule has 0 rings (SSSR count). The van der Waals surface area contributed by atoms with Crippen molar-refractivity contribution in [2.75, 3.05) is 0 Å². The van der Waals surface area contributed by atoms with Crippen molar-refractivity contribution in [1.29, 1.82) is 0 Å². The quantitative estimate of drug-likeness (QED) is 0.479. The second-order valence-corrected chi connectivity index (χ2v) is 2.94. The lowest BCUT2D eigenvalue weighted by Gasteiger charge is -1.88. The van der Waals surface area contributed by atoms with Crippen LogP contribution in [-0.2, 0) is 0 Å². The molecule has 0 aliphatic carbocycles. The van der Waals surface area contributed by atoms with E-state index in [1.54, 1.807) is 0 Å². The van der Waals surface area contributed by atoms with E-state index in [-0.39, 0.29) is 0 Å². The highest BCUT2D eigenvalue weighted by Crippen LogP contribution is 1.99. The van der Waals surface area contributed by atoms with E-state index in [1.807, 2.05) is 11.4 Å². The van der Waals surface area contributed by atoms with Gasteiger partial charge in [-0.15, -0.1) is 0 Å². The van der Waals surface area contributed by atoms with E-state index in [9.17, 15) is 0 Å². The minimum atomic E-state index is 1.13. The van der Waals surface area contributed by atoms with Crippen LogP contribution in [0.1, 0.15) is 26.7 Å². The Morgan fingerprint density at radius 3 is 2.50 bits per heavy atom. The lowest BCUT2D eigenvalue weighted by atomic mass is 10.2. The zero-order chi connectivity index (χ0) is 7.82. The summed E-state index contributed by atoms with van der Waals surface area (Å²) in [6.45, 7) is 4.25. The highest BCUT2D eigenvalue weighted by atomic mass is 79.9. The summed E-state index contributed by atoms with van der Waals surface area (Å²) >= 11 is 3.20. The van der Waals surface area contributed by atoms with Crippen LogP contribution in [0.2, 0.25) is 0 Å². The molecule has 57 valence electrons. The predicted octanol–water partition coefficient (Wildman–Crippen LogP) is 3.85. The molecule has 0 amide bonds. The van der Waals surface area contributed by atoms with Gasteiger partial charge in [-0.1, -0.05) is 39.7 Å². The first-order valence-corrected chi connectivity index (χ1v) is 4.41. The van der Waals surface area contributed by atoms with Crippen LogP contribution in [0.4, 0.5) is 0 Å². The third-order valence-corrected chi connectivity index (χ3v) is 1.40. The maximum absolute atomic E-state index is 3.20. The van der Waals surface area contributed by atoms with Crippen molar-refractivity contribution >= 4 is 15.9 Å². The average molecular weight is 202 g/mol. The van der Waals surface area contributed by atoms with Crippen molar-refractivity contribution < 1.29 is 0 Å². The van der Waals surface area contributed by atoms with Crippen LogP contribution in [0.3, 0.4) is 0 Å². The van der Waals surface area contributed by atoms with Crippen LogP contribution in [-0.4, -0.2) is 0 Å². The Hall–Kier alpha value is -0.0400. The van der Waals surface area contributed by atoms with E-state index in [0.29, 0.717) is 0 Å². The molecule has 0 saturated heterocycles. The fourth-order valence-electron chi connectivity index (χ4n) is 0.616. The number of hydrogen-bond donors (Lipinski definition) is 0. The molecule has 0 fully saturated rings. The Labute approximate surface area is 72.1 Å². The molecule has 1 heteroatoms. The Morgan fingerprint density at radius 2 is 2.00 bits per heavy atom. The summed E-state index contributed by atoms with van der Waals surface area (Å²) in [6.07, 6.45) is 8.69. The van der Waals surface area contributed by atoms with Gasteiger partial charge in [-0.05, 0) is 26.7 Å². The number of rotatable bonds is 4. The standard InChI is InChI=1S/C9H14Br/c1-9(2)7-5-3-4-6-8-10/h4,6-8H,3,5H2,1-2H3/b6-4+. The maximum atomic E-state index is 3.20. The summed E-state index contributed by atoms with van der Waals surface area (Å²) in [6, 6.07) is 0. The van der Waals surface area contributed by atoms with Gasteiger partial charge in [-0.25, -0.2) is 0 Å². The monoisotopic (exact) mass is 201 g/mol. The number of halogens is 1. The molecule has 0 spiro atoms. The first kappa shape index (κ1) is 9.96. The molecule has 10 heavy (non-hydrogen) atoms. The molecular weight excluding hydrogens is 188 g/mol. The number of unbranched alkanes of at least 4 members (excludes halogenated alkanes) is 1. The van der Waals surface area contributed by atoms with Crippen molar-refractivity contribution in [2.24, 2.45) is 0 Å². The highest BCUT2D eigenvalue weighted by molar-refractivity contribution is 9.10. The summed E-state index contributed by atoms with van der Waals surface area (Å²) in [5.41, 5.74) is 1.40. The van der Waals surface area contributed by atoms with Crippen LogP contribution < -0.4 is 0 Å². The Balaban J connectivity index is 3.21. The van der Waals surface area contributed by atoms with Crippen molar-refractivity contribution in [1.82, 2.24) is 0 Å². The highest BCUT2D eigenvalue weighted by Gasteiger charge is 1.77. The summed E-state index contributed by atoms with van der Waals surface area (Å²) < 4.78 is 0. The Morgan fingerprint density at radius 1 is 1.30 bits per heavy atom. The van der Waals surface area contributed by atoms with Crippen LogP contribution in [0, 0.1) is 5.33 Å². The van der Waals surface area contributed by atoms with Gasteiger partial charge in [0.15, 0.2) is 0 Å². The molecule has 0 saturated carbocycles. The maximum Gasteiger partial charge on any atom is 0.0485 e. The van der Waals surface area contributed by atoms with Gasteiger partial charge in [0.1, 0.15) is 0 Å². The summed E-state index contributed by atoms with van der Waals surface area (Å²) in [5.74, 6) is 0. The molecule has 0 aliphatic heterocycles. The molecule has 0 nitrogen and oxygen atoms in total. The van der Waals surface area contributed by atoms with Gasteiger partial charge < -0.3 is 0 Å². The minimum absolute atomic E-state index is 1.13. The first-order valence-electron chi connectivity index (χ1n) is 3.49. The zero-order valence-electron chi connectivity index (χ0n) is 6.60. The fraction of sp³-hybridized carbons (Fsp3) is 0.444. The predicted molar refractivity (Wildman–Crippen MR) is 51.0 cm³/mol. The lowest BCUT2D eigenvalue weighted by Crippen LogP contribution is -1.67. The second-order valence-electron chi connectivity index (χ2n) is 2.41. The molecule has 0 bridgehead atoms. The van der Waals surface area contributed by atoms with Crippen molar-refractivity contribution in [2.45, 2.75) is 26.7 Å². The Bertz CT molecular complexity index is 119. The van der Waals surface area contributed by atoms with Gasteiger partial charge in [0.25, 0.3) is 0 Å². The van der Waals surface area contributed by atoms with Gasteiger partial charge >= 0.3 is 0 Å². The summed E-state index contributed by atoms with van der Waals surface area (Å²) in [7, 11) is 0. The van der Waals surface area contributed by atoms with E-state index in [4.69, 9.17) is 0 Å². The second kappa shape index (κ2) is 7.07. The van der Waals surface area contributed by atoms with E-state index < -0.39 is 0 Å². The number of hydrogen-bond acceptors (Lipinski definition) is 0. The first-order chi connectivity index (χ1) is 4.77. The average Bonchev–Trinajstić information content (AvgIpc) is 1.87. The SMILES string of the molecule is CC(C)=CCC/C=C/[CH]Br. The van der Waals surface area contributed by atoms with Gasteiger partial charge in [0, 0.05) is 5.33 Å². The minimum Gasteiger partial charge on any atom is -0.0871 e. The third-order valence-electron chi connectivity index (χ3n) is 1.09. The smallest absolute Gasteiger partial charge is 0.0485 e. The molecule has 1 radical (unpaired) electrons. The molecule has 0 atom stereocenters. The van der Waals surface area contributed by atoms with E-state index in [2.05, 4.69) is 41.9 Å². The molecule has 0 unspecified atom stereocenters. The van der Waals surface area contributed by atoms with Crippen molar-refractivity contribution in [3.05, 3.63) is 29.1 Å². The Kier molecular flexibility index (Phi) is 7.04. The number of allylic oxidation sites excluding steroid dienone is 4. The summed E-state index contributed by atoms with van der Waals surface area (Å²) in [4.78, 5) is 0. The lowest BCUT2D eigenvalue weighted by molar-refractivity contribution is 1.03. The van der Waals surface area contributed by atoms with E-state index >= 15 is 0 Å². The van der Waals surface area contributed by atoms with Gasteiger partial charge in [0.2, 0.25) is 0 Å². The van der Waals surface area contributed by atoms with Crippen LogP contribution in [0.25, 0.3) is 0 Å². The molecular formula is C9H14Br.